The Bertz CT molecular complexity index is 1030. The molecule has 0 saturated heterocycles. The van der Waals surface area contributed by atoms with Crippen LogP contribution in [0.1, 0.15) is 11.3 Å². The number of nitrogens with zero attached hydrogens (tertiary/aromatic N) is 1. The molecule has 8 heteroatoms. The first-order chi connectivity index (χ1) is 14.1. The van der Waals surface area contributed by atoms with Crippen LogP contribution in [0.4, 0.5) is 0 Å². The van der Waals surface area contributed by atoms with Crippen molar-refractivity contribution in [2.45, 2.75) is 13.0 Å². The van der Waals surface area contributed by atoms with E-state index in [1.54, 1.807) is 25.3 Å². The topological polar surface area (TPSA) is 80.0 Å². The molecule has 0 radical (unpaired) electrons. The van der Waals surface area contributed by atoms with Gasteiger partial charge < -0.3 is 23.5 Å². The van der Waals surface area contributed by atoms with Gasteiger partial charge in [0.1, 0.15) is 24.7 Å². The Morgan fingerprint density at radius 1 is 1.17 bits per heavy atom. The van der Waals surface area contributed by atoms with Crippen LogP contribution in [0.5, 0.6) is 17.2 Å². The molecular weight excluding hydrogens is 398 g/mol. The zero-order valence-corrected chi connectivity index (χ0v) is 16.4. The molecule has 7 nitrogen and oxygen atoms in total. The van der Waals surface area contributed by atoms with Crippen molar-refractivity contribution in [3.8, 4) is 28.5 Å². The summed E-state index contributed by atoms with van der Waals surface area (Å²) in [6, 6.07) is 12.6. The van der Waals surface area contributed by atoms with E-state index in [0.717, 1.165) is 5.56 Å². The molecule has 2 heterocycles. The van der Waals surface area contributed by atoms with E-state index in [2.05, 4.69) is 5.16 Å². The van der Waals surface area contributed by atoms with Crippen molar-refractivity contribution in [1.29, 1.82) is 0 Å². The molecule has 1 aliphatic heterocycles. The standard InChI is InChI=1S/C21H18ClNO6/c1-25-18-5-3-2-4-15(18)17-11-14(29-23-17)12-28-20(24)10-13-8-16(22)21-19(9-13)26-6-7-27-21/h2-5,8-9,11H,6-7,10,12H2,1H3. The number of benzene rings is 2. The van der Waals surface area contributed by atoms with E-state index in [-0.39, 0.29) is 13.0 Å². The minimum atomic E-state index is -0.423. The minimum absolute atomic E-state index is 0.0285. The van der Waals surface area contributed by atoms with E-state index in [1.807, 2.05) is 24.3 Å². The van der Waals surface area contributed by atoms with Gasteiger partial charge in [0.25, 0.3) is 0 Å². The van der Waals surface area contributed by atoms with Crippen LogP contribution < -0.4 is 14.2 Å². The number of esters is 1. The summed E-state index contributed by atoms with van der Waals surface area (Å²) < 4.78 is 26.9. The average Bonchev–Trinajstić information content (AvgIpc) is 3.21. The van der Waals surface area contributed by atoms with Gasteiger partial charge in [-0.05, 0) is 29.8 Å². The normalized spacial score (nSPS) is 12.5. The van der Waals surface area contributed by atoms with Crippen molar-refractivity contribution in [1.82, 2.24) is 5.16 Å². The monoisotopic (exact) mass is 415 g/mol. The van der Waals surface area contributed by atoms with Gasteiger partial charge >= 0.3 is 5.97 Å². The highest BCUT2D eigenvalue weighted by Gasteiger charge is 2.18. The van der Waals surface area contributed by atoms with Gasteiger partial charge in [0.05, 0.1) is 18.6 Å². The highest BCUT2D eigenvalue weighted by molar-refractivity contribution is 6.32. The summed E-state index contributed by atoms with van der Waals surface area (Å²) in [5.41, 5.74) is 2.07. The van der Waals surface area contributed by atoms with Crippen LogP contribution >= 0.6 is 11.6 Å². The Hall–Kier alpha value is -3.19. The summed E-state index contributed by atoms with van der Waals surface area (Å²) in [4.78, 5) is 12.2. The number of para-hydroxylation sites is 1. The summed E-state index contributed by atoms with van der Waals surface area (Å²) in [6.07, 6.45) is 0.0455. The molecule has 0 amide bonds. The number of methoxy groups -OCH3 is 1. The first-order valence-electron chi connectivity index (χ1n) is 8.96. The quantitative estimate of drug-likeness (QED) is 0.561. The summed E-state index contributed by atoms with van der Waals surface area (Å²) in [5.74, 6) is 1.72. The number of hydrogen-bond acceptors (Lipinski definition) is 7. The summed E-state index contributed by atoms with van der Waals surface area (Å²) >= 11 is 6.20. The summed E-state index contributed by atoms with van der Waals surface area (Å²) in [7, 11) is 1.59. The molecule has 0 saturated carbocycles. The van der Waals surface area contributed by atoms with E-state index in [0.29, 0.717) is 52.5 Å². The fraction of sp³-hybridized carbons (Fsp3) is 0.238. The molecule has 0 bridgehead atoms. The fourth-order valence-corrected chi connectivity index (χ4v) is 3.29. The van der Waals surface area contributed by atoms with Crippen LogP contribution in [0, 0.1) is 0 Å². The molecule has 0 atom stereocenters. The van der Waals surface area contributed by atoms with Crippen molar-refractivity contribution >= 4 is 17.6 Å². The molecule has 0 N–H and O–H groups in total. The number of aromatic nitrogens is 1. The van der Waals surface area contributed by atoms with Crippen molar-refractivity contribution in [3.63, 3.8) is 0 Å². The lowest BCUT2D eigenvalue weighted by Gasteiger charge is -2.20. The van der Waals surface area contributed by atoms with Crippen molar-refractivity contribution < 1.29 is 28.3 Å². The number of carbonyl (C=O) groups is 1. The second-order valence-electron chi connectivity index (χ2n) is 6.32. The maximum Gasteiger partial charge on any atom is 0.310 e. The van der Waals surface area contributed by atoms with E-state index in [9.17, 15) is 4.79 Å². The first kappa shape index (κ1) is 19.1. The summed E-state index contributed by atoms with van der Waals surface area (Å²) in [5, 5.41) is 4.43. The van der Waals surface area contributed by atoms with E-state index >= 15 is 0 Å². The Balaban J connectivity index is 1.38. The number of fused-ring (bicyclic) bond motifs is 1. The third-order valence-corrected chi connectivity index (χ3v) is 4.60. The van der Waals surface area contributed by atoms with Crippen molar-refractivity contribution in [3.05, 3.63) is 58.8 Å². The lowest BCUT2D eigenvalue weighted by molar-refractivity contribution is -0.144. The lowest BCUT2D eigenvalue weighted by Crippen LogP contribution is -2.16. The van der Waals surface area contributed by atoms with E-state index in [4.69, 9.17) is 35.1 Å². The van der Waals surface area contributed by atoms with E-state index in [1.165, 1.54) is 0 Å². The predicted molar refractivity (Wildman–Crippen MR) is 104 cm³/mol. The third kappa shape index (κ3) is 4.30. The molecule has 0 unspecified atom stereocenters. The number of rotatable bonds is 6. The van der Waals surface area contributed by atoms with Crippen LogP contribution in [-0.4, -0.2) is 31.4 Å². The number of carbonyl (C=O) groups excluding carboxylic acids is 1. The molecule has 0 aliphatic carbocycles. The number of hydrogen-bond donors (Lipinski definition) is 0. The van der Waals surface area contributed by atoms with E-state index < -0.39 is 5.97 Å². The Labute approximate surface area is 172 Å². The zero-order chi connectivity index (χ0) is 20.2. The molecule has 2 aromatic carbocycles. The first-order valence-corrected chi connectivity index (χ1v) is 9.34. The number of halogens is 1. The van der Waals surface area contributed by atoms with Gasteiger partial charge in [-0.3, -0.25) is 4.79 Å². The van der Waals surface area contributed by atoms with Crippen LogP contribution in [0.25, 0.3) is 11.3 Å². The van der Waals surface area contributed by atoms with Gasteiger partial charge in [-0.15, -0.1) is 0 Å². The van der Waals surface area contributed by atoms with Gasteiger partial charge in [-0.25, -0.2) is 0 Å². The molecule has 0 fully saturated rings. The predicted octanol–water partition coefficient (Wildman–Crippen LogP) is 4.06. The van der Waals surface area contributed by atoms with Gasteiger partial charge in [0.2, 0.25) is 0 Å². The second kappa shape index (κ2) is 8.45. The Morgan fingerprint density at radius 2 is 2.00 bits per heavy atom. The molecule has 3 aromatic rings. The van der Waals surface area contributed by atoms with Gasteiger partial charge in [0, 0.05) is 11.6 Å². The maximum absolute atomic E-state index is 12.2. The molecule has 29 heavy (non-hydrogen) atoms. The molecule has 150 valence electrons. The second-order valence-corrected chi connectivity index (χ2v) is 6.73. The van der Waals surface area contributed by atoms with Gasteiger partial charge in [-0.2, -0.15) is 0 Å². The smallest absolute Gasteiger partial charge is 0.310 e. The largest absolute Gasteiger partial charge is 0.496 e. The minimum Gasteiger partial charge on any atom is -0.496 e. The highest BCUT2D eigenvalue weighted by atomic mass is 35.5. The lowest BCUT2D eigenvalue weighted by atomic mass is 10.1. The van der Waals surface area contributed by atoms with Crippen LogP contribution in [-0.2, 0) is 22.6 Å². The van der Waals surface area contributed by atoms with Crippen molar-refractivity contribution in [2.24, 2.45) is 0 Å². The maximum atomic E-state index is 12.2. The molecule has 1 aromatic heterocycles. The SMILES string of the molecule is COc1ccccc1-c1cc(COC(=O)Cc2cc(Cl)c3c(c2)OCCO3)on1. The molecular formula is C21H18ClNO6. The van der Waals surface area contributed by atoms with Crippen LogP contribution in [0.15, 0.2) is 47.0 Å². The highest BCUT2D eigenvalue weighted by Crippen LogP contribution is 2.38. The third-order valence-electron chi connectivity index (χ3n) is 4.32. The zero-order valence-electron chi connectivity index (χ0n) is 15.6. The van der Waals surface area contributed by atoms with Crippen LogP contribution in [0.3, 0.4) is 0 Å². The van der Waals surface area contributed by atoms with Gasteiger partial charge in [0.15, 0.2) is 23.9 Å². The Kier molecular flexibility index (Phi) is 5.57. The fourth-order valence-electron chi connectivity index (χ4n) is 3.00. The number of ether oxygens (including phenoxy) is 4. The van der Waals surface area contributed by atoms with Crippen molar-refractivity contribution in [2.75, 3.05) is 20.3 Å². The molecule has 1 aliphatic rings. The summed E-state index contributed by atoms with van der Waals surface area (Å²) in [6.45, 7) is 0.860. The Morgan fingerprint density at radius 3 is 2.86 bits per heavy atom. The van der Waals surface area contributed by atoms with Gasteiger partial charge in [-0.1, -0.05) is 28.9 Å². The van der Waals surface area contributed by atoms with Crippen LogP contribution in [0.2, 0.25) is 5.02 Å². The molecule has 4 rings (SSSR count). The molecule has 0 spiro atoms. The average molecular weight is 416 g/mol.